The molecular formula is C16H20N3O4S+. The number of hydrogen-bond donors (Lipinski definition) is 2. The van der Waals surface area contributed by atoms with E-state index in [1.807, 2.05) is 18.4 Å². The Labute approximate surface area is 143 Å². The van der Waals surface area contributed by atoms with Gasteiger partial charge in [-0.05, 0) is 24.4 Å². The largest absolute Gasteiger partial charge is 0.433 e. The van der Waals surface area contributed by atoms with Crippen LogP contribution in [0.4, 0.5) is 5.88 Å². The van der Waals surface area contributed by atoms with Crippen LogP contribution in [-0.2, 0) is 0 Å². The van der Waals surface area contributed by atoms with E-state index in [0.29, 0.717) is 0 Å². The summed E-state index contributed by atoms with van der Waals surface area (Å²) in [7, 11) is 0. The molecule has 2 atom stereocenters. The predicted octanol–water partition coefficient (Wildman–Crippen LogP) is 1.79. The van der Waals surface area contributed by atoms with E-state index in [1.165, 1.54) is 34.8 Å². The fourth-order valence-corrected chi connectivity index (χ4v) is 4.31. The van der Waals surface area contributed by atoms with E-state index in [9.17, 15) is 14.9 Å². The highest BCUT2D eigenvalue weighted by Gasteiger charge is 2.34. The molecule has 0 bridgehead atoms. The zero-order valence-corrected chi connectivity index (χ0v) is 14.2. The van der Waals surface area contributed by atoms with Gasteiger partial charge in [-0.25, -0.2) is 0 Å². The summed E-state index contributed by atoms with van der Waals surface area (Å²) in [6.45, 7) is 4.16. The lowest BCUT2D eigenvalue weighted by atomic mass is 10.1. The summed E-state index contributed by atoms with van der Waals surface area (Å²) < 4.78 is 4.99. The third kappa shape index (κ3) is 3.49. The Bertz CT molecular complexity index is 707. The van der Waals surface area contributed by atoms with Crippen molar-refractivity contribution in [3.63, 3.8) is 0 Å². The maximum absolute atomic E-state index is 12.3. The number of carbonyl (C=O) groups excluding carboxylic acids is 1. The van der Waals surface area contributed by atoms with Crippen molar-refractivity contribution in [3.05, 3.63) is 50.4 Å². The Hall–Kier alpha value is -2.19. The molecule has 0 saturated carbocycles. The fourth-order valence-electron chi connectivity index (χ4n) is 3.32. The second-order valence-electron chi connectivity index (χ2n) is 6.02. The lowest BCUT2D eigenvalue weighted by molar-refractivity contribution is -0.920. The average molecular weight is 350 g/mol. The molecule has 3 heterocycles. The SMILES string of the molecule is C[C@H](NC(=O)c1ccc([N+](=O)[O-])o1)[C@H](c1cccs1)[NH+]1CCCC1. The van der Waals surface area contributed by atoms with Crippen molar-refractivity contribution < 1.29 is 19.0 Å². The van der Waals surface area contributed by atoms with Crippen LogP contribution in [0.25, 0.3) is 0 Å². The third-order valence-corrected chi connectivity index (χ3v) is 5.35. The van der Waals surface area contributed by atoms with Crippen LogP contribution >= 0.6 is 11.3 Å². The van der Waals surface area contributed by atoms with Gasteiger partial charge in [-0.1, -0.05) is 6.07 Å². The minimum absolute atomic E-state index is 0.0325. The molecule has 1 fully saturated rings. The smallest absolute Gasteiger partial charge is 0.395 e. The number of likely N-dealkylation sites (tertiary alicyclic amines) is 1. The van der Waals surface area contributed by atoms with Crippen LogP contribution in [0.5, 0.6) is 0 Å². The maximum atomic E-state index is 12.3. The molecule has 0 spiro atoms. The van der Waals surface area contributed by atoms with Crippen molar-refractivity contribution in [2.75, 3.05) is 13.1 Å². The molecule has 128 valence electrons. The number of amides is 1. The Morgan fingerprint density at radius 2 is 2.12 bits per heavy atom. The molecule has 0 unspecified atom stereocenters. The van der Waals surface area contributed by atoms with Gasteiger partial charge < -0.3 is 14.6 Å². The number of rotatable bonds is 6. The number of nitro groups is 1. The summed E-state index contributed by atoms with van der Waals surface area (Å²) in [5.41, 5.74) is 0. The standard InChI is InChI=1S/C16H19N3O4S/c1-11(17-16(20)12-6-7-14(23-12)19(21)22)15(13-5-4-10-24-13)18-8-2-3-9-18/h4-7,10-11,15H,2-3,8-9H2,1H3,(H,17,20)/p+1/t11-,15+/m0/s1. The second kappa shape index (κ2) is 7.14. The molecule has 1 saturated heterocycles. The number of nitrogens with zero attached hydrogens (tertiary/aromatic N) is 1. The Morgan fingerprint density at radius 3 is 2.71 bits per heavy atom. The zero-order chi connectivity index (χ0) is 17.1. The molecule has 24 heavy (non-hydrogen) atoms. The highest BCUT2D eigenvalue weighted by atomic mass is 32.1. The molecule has 1 aliphatic rings. The second-order valence-corrected chi connectivity index (χ2v) is 6.99. The third-order valence-electron chi connectivity index (χ3n) is 4.39. The molecule has 0 aromatic carbocycles. The van der Waals surface area contributed by atoms with Crippen molar-refractivity contribution in [3.8, 4) is 0 Å². The molecule has 3 rings (SSSR count). The Morgan fingerprint density at radius 1 is 1.38 bits per heavy atom. The normalized spacial score (nSPS) is 17.5. The van der Waals surface area contributed by atoms with Gasteiger partial charge in [0.25, 0.3) is 5.91 Å². The predicted molar refractivity (Wildman–Crippen MR) is 89.3 cm³/mol. The van der Waals surface area contributed by atoms with Crippen LogP contribution in [0.15, 0.2) is 34.1 Å². The summed E-state index contributed by atoms with van der Waals surface area (Å²) in [6, 6.07) is 6.73. The van der Waals surface area contributed by atoms with Crippen molar-refractivity contribution in [2.45, 2.75) is 31.8 Å². The van der Waals surface area contributed by atoms with E-state index in [0.717, 1.165) is 13.1 Å². The van der Waals surface area contributed by atoms with Gasteiger partial charge in [-0.2, -0.15) is 0 Å². The van der Waals surface area contributed by atoms with E-state index < -0.39 is 16.7 Å². The highest BCUT2D eigenvalue weighted by Crippen LogP contribution is 2.22. The first-order valence-electron chi connectivity index (χ1n) is 7.99. The lowest BCUT2D eigenvalue weighted by Gasteiger charge is -2.29. The first-order chi connectivity index (χ1) is 11.6. The topological polar surface area (TPSA) is 89.8 Å². The van der Waals surface area contributed by atoms with Gasteiger partial charge in [0.05, 0.1) is 30.1 Å². The minimum atomic E-state index is -0.650. The van der Waals surface area contributed by atoms with E-state index in [4.69, 9.17) is 4.42 Å². The van der Waals surface area contributed by atoms with Gasteiger partial charge in [0.1, 0.15) is 11.0 Å². The first-order valence-corrected chi connectivity index (χ1v) is 8.87. The van der Waals surface area contributed by atoms with Crippen LogP contribution < -0.4 is 10.2 Å². The van der Waals surface area contributed by atoms with Crippen LogP contribution in [-0.4, -0.2) is 30.0 Å². The Kier molecular flexibility index (Phi) is 4.96. The molecule has 2 aromatic heterocycles. The fraction of sp³-hybridized carbons (Fsp3) is 0.438. The minimum Gasteiger partial charge on any atom is -0.395 e. The van der Waals surface area contributed by atoms with Crippen LogP contribution in [0.2, 0.25) is 0 Å². The first kappa shape index (κ1) is 16.7. The van der Waals surface area contributed by atoms with Crippen LogP contribution in [0.3, 0.4) is 0 Å². The van der Waals surface area contributed by atoms with Gasteiger partial charge in [0.2, 0.25) is 0 Å². The molecular weight excluding hydrogens is 330 g/mol. The van der Waals surface area contributed by atoms with Crippen molar-refractivity contribution in [1.29, 1.82) is 0 Å². The molecule has 2 N–H and O–H groups in total. The number of carbonyl (C=O) groups is 1. The molecule has 0 radical (unpaired) electrons. The highest BCUT2D eigenvalue weighted by molar-refractivity contribution is 7.10. The molecule has 2 aromatic rings. The van der Waals surface area contributed by atoms with E-state index in [-0.39, 0.29) is 17.8 Å². The molecule has 1 aliphatic heterocycles. The summed E-state index contributed by atoms with van der Waals surface area (Å²) in [6.07, 6.45) is 2.39. The van der Waals surface area contributed by atoms with Gasteiger partial charge in [0, 0.05) is 12.8 Å². The zero-order valence-electron chi connectivity index (χ0n) is 13.4. The van der Waals surface area contributed by atoms with Crippen molar-refractivity contribution in [1.82, 2.24) is 5.32 Å². The number of nitrogens with one attached hydrogen (secondary N) is 2. The van der Waals surface area contributed by atoms with Crippen LogP contribution in [0.1, 0.15) is 41.2 Å². The van der Waals surface area contributed by atoms with Gasteiger partial charge in [-0.3, -0.25) is 14.9 Å². The van der Waals surface area contributed by atoms with Gasteiger partial charge in [-0.15, -0.1) is 11.3 Å². The maximum Gasteiger partial charge on any atom is 0.433 e. The number of hydrogen-bond acceptors (Lipinski definition) is 5. The monoisotopic (exact) mass is 350 g/mol. The molecule has 8 heteroatoms. The van der Waals surface area contributed by atoms with Gasteiger partial charge in [0.15, 0.2) is 5.76 Å². The van der Waals surface area contributed by atoms with E-state index in [2.05, 4.69) is 11.4 Å². The molecule has 0 aliphatic carbocycles. The quantitative estimate of drug-likeness (QED) is 0.614. The molecule has 1 amide bonds. The Balaban J connectivity index is 1.73. The lowest BCUT2D eigenvalue weighted by Crippen LogP contribution is -3.11. The summed E-state index contributed by atoms with van der Waals surface area (Å²) in [5, 5.41) is 15.7. The summed E-state index contributed by atoms with van der Waals surface area (Å²) in [5.74, 6) is -0.876. The van der Waals surface area contributed by atoms with Gasteiger partial charge >= 0.3 is 5.88 Å². The summed E-state index contributed by atoms with van der Waals surface area (Å²) >= 11 is 1.69. The van der Waals surface area contributed by atoms with E-state index in [1.54, 1.807) is 11.3 Å². The van der Waals surface area contributed by atoms with E-state index >= 15 is 0 Å². The number of quaternary nitrogens is 1. The van der Waals surface area contributed by atoms with Crippen molar-refractivity contribution >= 4 is 23.1 Å². The average Bonchev–Trinajstić information content (AvgIpc) is 3.30. The molecule has 7 nitrogen and oxygen atoms in total. The number of furan rings is 1. The van der Waals surface area contributed by atoms with Crippen molar-refractivity contribution in [2.24, 2.45) is 0 Å². The van der Waals surface area contributed by atoms with Crippen LogP contribution in [0, 0.1) is 10.1 Å². The number of thiophene rings is 1. The summed E-state index contributed by atoms with van der Waals surface area (Å²) in [4.78, 5) is 25.1.